The SMILES string of the molecule is Cc1noc2nc(-c3ccccc3C(F)(F)F)cc(C(=O)N(CCC#N)CCC#N)c12. The van der Waals surface area contributed by atoms with E-state index in [1.165, 1.54) is 29.2 Å². The largest absolute Gasteiger partial charge is 0.417 e. The summed E-state index contributed by atoms with van der Waals surface area (Å²) < 4.78 is 45.7. The molecule has 0 unspecified atom stereocenters. The van der Waals surface area contributed by atoms with Gasteiger partial charge in [0.25, 0.3) is 11.6 Å². The van der Waals surface area contributed by atoms with Crippen molar-refractivity contribution < 1.29 is 22.5 Å². The molecule has 0 N–H and O–H groups in total. The van der Waals surface area contributed by atoms with Crippen molar-refractivity contribution in [3.63, 3.8) is 0 Å². The summed E-state index contributed by atoms with van der Waals surface area (Å²) in [5, 5.41) is 21.8. The van der Waals surface area contributed by atoms with Gasteiger partial charge in [0.1, 0.15) is 0 Å². The van der Waals surface area contributed by atoms with Crippen LogP contribution in [0.3, 0.4) is 0 Å². The number of nitriles is 2. The molecule has 7 nitrogen and oxygen atoms in total. The first-order valence-corrected chi connectivity index (χ1v) is 9.24. The highest BCUT2D eigenvalue weighted by molar-refractivity contribution is 6.07. The highest BCUT2D eigenvalue weighted by Crippen LogP contribution is 2.37. The van der Waals surface area contributed by atoms with Crippen LogP contribution in [0.4, 0.5) is 13.2 Å². The van der Waals surface area contributed by atoms with Gasteiger partial charge in [-0.3, -0.25) is 4.79 Å². The van der Waals surface area contributed by atoms with Crippen LogP contribution < -0.4 is 0 Å². The topological polar surface area (TPSA) is 107 Å². The minimum Gasteiger partial charge on any atom is -0.337 e. The summed E-state index contributed by atoms with van der Waals surface area (Å²) in [4.78, 5) is 18.7. The summed E-state index contributed by atoms with van der Waals surface area (Å²) in [7, 11) is 0. The third-order valence-corrected chi connectivity index (χ3v) is 4.63. The minimum absolute atomic E-state index is 0.0395. The molecule has 0 saturated heterocycles. The molecule has 1 aromatic carbocycles. The summed E-state index contributed by atoms with van der Waals surface area (Å²) in [5.41, 5.74) is -0.882. The molecular weight excluding hydrogens is 411 g/mol. The van der Waals surface area contributed by atoms with Crippen LogP contribution in [0.2, 0.25) is 0 Å². The average Bonchev–Trinajstić information content (AvgIpc) is 3.13. The number of amides is 1. The lowest BCUT2D eigenvalue weighted by Gasteiger charge is -2.21. The van der Waals surface area contributed by atoms with Crippen LogP contribution in [0.5, 0.6) is 0 Å². The summed E-state index contributed by atoms with van der Waals surface area (Å²) in [5.74, 6) is -0.546. The number of fused-ring (bicyclic) bond motifs is 1. The predicted molar refractivity (Wildman–Crippen MR) is 103 cm³/mol. The van der Waals surface area contributed by atoms with Gasteiger partial charge in [0.05, 0.1) is 52.9 Å². The van der Waals surface area contributed by atoms with E-state index in [0.29, 0.717) is 5.69 Å². The number of rotatable bonds is 6. The van der Waals surface area contributed by atoms with E-state index in [1.54, 1.807) is 6.92 Å². The third-order valence-electron chi connectivity index (χ3n) is 4.63. The van der Waals surface area contributed by atoms with Crippen LogP contribution in [0.25, 0.3) is 22.4 Å². The first-order chi connectivity index (χ1) is 14.8. The first-order valence-electron chi connectivity index (χ1n) is 9.24. The van der Waals surface area contributed by atoms with Gasteiger partial charge < -0.3 is 9.42 Å². The van der Waals surface area contributed by atoms with Crippen molar-refractivity contribution in [3.8, 4) is 23.4 Å². The number of pyridine rings is 1. The molecule has 0 aliphatic heterocycles. The summed E-state index contributed by atoms with van der Waals surface area (Å²) in [6, 6.07) is 10.0. The normalized spacial score (nSPS) is 11.2. The average molecular weight is 427 g/mol. The number of halogens is 3. The van der Waals surface area contributed by atoms with Crippen molar-refractivity contribution in [1.82, 2.24) is 15.0 Å². The van der Waals surface area contributed by atoms with Crippen molar-refractivity contribution in [2.75, 3.05) is 13.1 Å². The second-order valence-electron chi connectivity index (χ2n) is 6.65. The quantitative estimate of drug-likeness (QED) is 0.574. The second kappa shape index (κ2) is 8.84. The summed E-state index contributed by atoms with van der Waals surface area (Å²) in [6.07, 6.45) is -4.55. The Balaban J connectivity index is 2.19. The molecule has 31 heavy (non-hydrogen) atoms. The van der Waals surface area contributed by atoms with Crippen LogP contribution in [0, 0.1) is 29.6 Å². The van der Waals surface area contributed by atoms with Crippen LogP contribution in [0.15, 0.2) is 34.9 Å². The maximum absolute atomic E-state index is 13.5. The maximum atomic E-state index is 13.5. The molecule has 2 aromatic heterocycles. The van der Waals surface area contributed by atoms with Crippen LogP contribution in [0.1, 0.15) is 34.5 Å². The van der Waals surface area contributed by atoms with E-state index in [4.69, 9.17) is 15.0 Å². The molecule has 0 saturated carbocycles. The lowest BCUT2D eigenvalue weighted by atomic mass is 10.00. The number of carbonyl (C=O) groups is 1. The number of benzene rings is 1. The second-order valence-corrected chi connectivity index (χ2v) is 6.65. The molecule has 158 valence electrons. The Hall–Kier alpha value is -3.92. The third kappa shape index (κ3) is 4.48. The number of hydrogen-bond acceptors (Lipinski definition) is 6. The van der Waals surface area contributed by atoms with E-state index in [1.807, 2.05) is 12.1 Å². The standard InChI is InChI=1S/C21H16F3N5O2/c1-13-18-15(20(30)29(10-4-8-25)11-5-9-26)12-17(27-19(18)31-28-13)14-6-2-3-7-16(14)21(22,23)24/h2-3,6-7,12H,4-5,10-11H2,1H3. The fourth-order valence-corrected chi connectivity index (χ4v) is 3.21. The predicted octanol–water partition coefficient (Wildman–Crippen LogP) is 4.49. The number of hydrogen-bond donors (Lipinski definition) is 0. The zero-order chi connectivity index (χ0) is 22.6. The molecule has 3 aromatic rings. The van der Waals surface area contributed by atoms with Gasteiger partial charge in [-0.2, -0.15) is 23.7 Å². The molecule has 0 bridgehead atoms. The van der Waals surface area contributed by atoms with Crippen LogP contribution >= 0.6 is 0 Å². The van der Waals surface area contributed by atoms with E-state index < -0.39 is 17.6 Å². The molecule has 0 aliphatic carbocycles. The minimum atomic E-state index is -4.62. The van der Waals surface area contributed by atoms with Gasteiger partial charge in [-0.1, -0.05) is 23.4 Å². The summed E-state index contributed by atoms with van der Waals surface area (Å²) >= 11 is 0. The number of alkyl halides is 3. The smallest absolute Gasteiger partial charge is 0.337 e. The Morgan fingerprint density at radius 1 is 1.16 bits per heavy atom. The zero-order valence-corrected chi connectivity index (χ0v) is 16.4. The Morgan fingerprint density at radius 2 is 1.81 bits per heavy atom. The van der Waals surface area contributed by atoms with Crippen molar-refractivity contribution in [1.29, 1.82) is 10.5 Å². The lowest BCUT2D eigenvalue weighted by Crippen LogP contribution is -2.33. The van der Waals surface area contributed by atoms with Gasteiger partial charge in [-0.25, -0.2) is 4.98 Å². The fraction of sp³-hybridized carbons (Fsp3) is 0.286. The van der Waals surface area contributed by atoms with Crippen molar-refractivity contribution >= 4 is 17.0 Å². The zero-order valence-electron chi connectivity index (χ0n) is 16.4. The molecule has 0 spiro atoms. The molecule has 0 fully saturated rings. The van der Waals surface area contributed by atoms with Gasteiger partial charge in [-0.15, -0.1) is 0 Å². The Bertz CT molecular complexity index is 1190. The number of carbonyl (C=O) groups excluding carboxylic acids is 1. The van der Waals surface area contributed by atoms with Gasteiger partial charge in [-0.05, 0) is 19.1 Å². The van der Waals surface area contributed by atoms with E-state index in [2.05, 4.69) is 10.1 Å². The maximum Gasteiger partial charge on any atom is 0.417 e. The Morgan fingerprint density at radius 3 is 2.42 bits per heavy atom. The number of aryl methyl sites for hydroxylation is 1. The van der Waals surface area contributed by atoms with Gasteiger partial charge in [0.15, 0.2) is 0 Å². The first kappa shape index (κ1) is 21.8. The van der Waals surface area contributed by atoms with Crippen molar-refractivity contribution in [2.24, 2.45) is 0 Å². The highest BCUT2D eigenvalue weighted by Gasteiger charge is 2.34. The van der Waals surface area contributed by atoms with Gasteiger partial charge in [0, 0.05) is 18.7 Å². The molecule has 0 aliphatic rings. The van der Waals surface area contributed by atoms with E-state index >= 15 is 0 Å². The van der Waals surface area contributed by atoms with Crippen LogP contribution in [-0.2, 0) is 6.18 Å². The molecule has 0 radical (unpaired) electrons. The number of aromatic nitrogens is 2. The van der Waals surface area contributed by atoms with E-state index in [9.17, 15) is 18.0 Å². The molecule has 3 rings (SSSR count). The molecule has 2 heterocycles. The van der Waals surface area contributed by atoms with E-state index in [0.717, 1.165) is 6.07 Å². The molecular formula is C21H16F3N5O2. The lowest BCUT2D eigenvalue weighted by molar-refractivity contribution is -0.137. The fourth-order valence-electron chi connectivity index (χ4n) is 3.21. The Kier molecular flexibility index (Phi) is 6.21. The number of nitrogens with zero attached hydrogens (tertiary/aromatic N) is 5. The highest BCUT2D eigenvalue weighted by atomic mass is 19.4. The van der Waals surface area contributed by atoms with Gasteiger partial charge >= 0.3 is 6.18 Å². The van der Waals surface area contributed by atoms with E-state index in [-0.39, 0.29) is 53.9 Å². The Labute approximate surface area is 175 Å². The monoisotopic (exact) mass is 427 g/mol. The van der Waals surface area contributed by atoms with Crippen LogP contribution in [-0.4, -0.2) is 34.0 Å². The molecule has 10 heteroatoms. The molecule has 1 amide bonds. The van der Waals surface area contributed by atoms with Gasteiger partial charge in [0.2, 0.25) is 0 Å². The van der Waals surface area contributed by atoms with Crippen molar-refractivity contribution in [3.05, 3.63) is 47.2 Å². The van der Waals surface area contributed by atoms with Crippen molar-refractivity contribution in [2.45, 2.75) is 25.9 Å². The summed E-state index contributed by atoms with van der Waals surface area (Å²) in [6.45, 7) is 1.72. The molecule has 0 atom stereocenters.